The fourth-order valence-electron chi connectivity index (χ4n) is 15.2. The Morgan fingerprint density at radius 3 is 1.25 bits per heavy atom. The summed E-state index contributed by atoms with van der Waals surface area (Å²) in [6, 6.07) is 121. The molecule has 0 amide bonds. The van der Waals surface area contributed by atoms with Crippen LogP contribution in [0, 0.1) is 0 Å². The van der Waals surface area contributed by atoms with Gasteiger partial charge in [-0.2, -0.15) is 0 Å². The maximum absolute atomic E-state index is 14.2. The Balaban J connectivity index is 0.762. The molecule has 0 fully saturated rings. The quantitative estimate of drug-likeness (QED) is 0.0677. The molecule has 19 rings (SSSR count). The van der Waals surface area contributed by atoms with Crippen molar-refractivity contribution in [2.75, 3.05) is 9.80 Å². The van der Waals surface area contributed by atoms with E-state index in [1.165, 1.54) is 22.1 Å². The fourth-order valence-corrected chi connectivity index (χ4v) is 15.2. The summed E-state index contributed by atoms with van der Waals surface area (Å²) in [7, 11) is 0. The molecule has 0 saturated heterocycles. The van der Waals surface area contributed by atoms with Crippen LogP contribution in [0.5, 0.6) is 0 Å². The van der Waals surface area contributed by atoms with Crippen molar-refractivity contribution in [1.29, 1.82) is 0 Å². The highest BCUT2D eigenvalue weighted by atomic mass is 16.5. The first-order valence-corrected chi connectivity index (χ1v) is 36.0. The number of nitrogens with zero attached hydrogens (tertiary/aromatic N) is 8. The number of aromatic nitrogens is 6. The van der Waals surface area contributed by atoms with E-state index < -0.39 is 11.9 Å². The van der Waals surface area contributed by atoms with Crippen molar-refractivity contribution in [3.63, 3.8) is 0 Å². The van der Waals surface area contributed by atoms with Gasteiger partial charge < -0.3 is 23.8 Å². The Kier molecular flexibility index (Phi) is 16.5. The molecular weight excluding hydrogens is 1330 g/mol. The maximum atomic E-state index is 14.2. The van der Waals surface area contributed by atoms with Gasteiger partial charge in [0.25, 0.3) is 6.71 Å². The number of carbonyl (C=O) groups excluding carboxylic acids is 2. The zero-order valence-corrected chi connectivity index (χ0v) is 58.3. The minimum atomic E-state index is -0.490. The van der Waals surface area contributed by atoms with Gasteiger partial charge in [0.2, 0.25) is 0 Å². The number of rotatable bonds is 16. The number of hydrogen-bond donors (Lipinski definition) is 0. The highest BCUT2D eigenvalue weighted by Crippen LogP contribution is 2.46. The third-order valence-corrected chi connectivity index (χ3v) is 20.3. The van der Waals surface area contributed by atoms with E-state index in [2.05, 4.69) is 184 Å². The zero-order chi connectivity index (χ0) is 72.0. The van der Waals surface area contributed by atoms with Crippen molar-refractivity contribution >= 4 is 91.0 Å². The molecule has 2 aliphatic heterocycles. The van der Waals surface area contributed by atoms with Gasteiger partial charge in [-0.15, -0.1) is 0 Å². The van der Waals surface area contributed by atoms with Crippen molar-refractivity contribution in [1.82, 2.24) is 29.5 Å². The first kappa shape index (κ1) is 64.4. The van der Waals surface area contributed by atoms with Crippen LogP contribution in [-0.4, -0.2) is 48.1 Å². The smallest absolute Gasteiger partial charge is 0.338 e. The minimum absolute atomic E-state index is 0.0298. The van der Waals surface area contributed by atoms with Crippen LogP contribution < -0.4 is 26.2 Å². The molecule has 0 saturated carbocycles. The van der Waals surface area contributed by atoms with Crippen LogP contribution in [-0.2, 0) is 22.7 Å². The molecule has 17 aromatic rings. The Bertz CT molecular complexity index is 6140. The molecule has 0 N–H and O–H groups in total. The Hall–Kier alpha value is -14.4. The summed E-state index contributed by atoms with van der Waals surface area (Å²) in [5.41, 5.74) is 23.3. The van der Waals surface area contributed by atoms with Gasteiger partial charge in [-0.3, -0.25) is 0 Å². The van der Waals surface area contributed by atoms with Gasteiger partial charge in [-0.25, -0.2) is 34.5 Å². The predicted molar refractivity (Wildman–Crippen MR) is 433 cm³/mol. The van der Waals surface area contributed by atoms with Crippen molar-refractivity contribution < 1.29 is 19.1 Å². The van der Waals surface area contributed by atoms with E-state index in [0.717, 1.165) is 89.7 Å². The van der Waals surface area contributed by atoms with Gasteiger partial charge in [-0.05, 0) is 154 Å². The van der Waals surface area contributed by atoms with Crippen molar-refractivity contribution in [2.24, 2.45) is 0 Å². The molecule has 0 bridgehead atoms. The number of ether oxygens (including phenoxy) is 2. The van der Waals surface area contributed by atoms with Gasteiger partial charge in [0.1, 0.15) is 13.2 Å². The topological polar surface area (TPSA) is 128 Å². The minimum Gasteiger partial charge on any atom is -0.457 e. The van der Waals surface area contributed by atoms with Gasteiger partial charge in [0, 0.05) is 78.3 Å². The van der Waals surface area contributed by atoms with Crippen molar-refractivity contribution in [2.45, 2.75) is 13.2 Å². The molecule has 14 aromatic carbocycles. The molecule has 0 atom stereocenters. The molecule has 3 aromatic heterocycles. The van der Waals surface area contributed by atoms with Crippen LogP contribution in [0.25, 0.3) is 107 Å². The molecule has 13 heteroatoms. The van der Waals surface area contributed by atoms with Crippen LogP contribution in [0.3, 0.4) is 0 Å². The molecule has 12 nitrogen and oxygen atoms in total. The number of esters is 2. The van der Waals surface area contributed by atoms with Gasteiger partial charge in [0.15, 0.2) is 23.3 Å². The Labute approximate surface area is 623 Å². The molecule has 5 heterocycles. The monoisotopic (exact) mass is 1390 g/mol. The van der Waals surface area contributed by atoms with Crippen LogP contribution in [0.2, 0.25) is 0 Å². The maximum Gasteiger partial charge on any atom is 0.338 e. The van der Waals surface area contributed by atoms with E-state index in [0.29, 0.717) is 67.7 Å². The van der Waals surface area contributed by atoms with Crippen LogP contribution in [0.15, 0.2) is 358 Å². The standard InChI is InChI=1S/C95H63BN8O4/c105-94(107-60-62-25-7-1-8-26-62)71-48-53-82-75(57-71)76-58-72(95(106)108-61-63-27-9-2-10-28-63)49-54-83(76)104(82)84-52-47-70(93-100-90(66-31-13-4-14-32-66)99-91(101-93)67-33-15-5-16-34-67)56-77(84)81-59-80(65-29-11-3-12-30-65)97-92(98-81)69-36-23-35-68(55-69)64-45-50-74(51-46-64)103-86-42-22-20-40-79(86)96-78-39-19-21-41-85(78)102(73-37-17-6-18-38-73)87-43-24-44-88(103)89(87)96/h1-59H,60-61H2. The summed E-state index contributed by atoms with van der Waals surface area (Å²) < 4.78 is 14.1. The second-order valence-electron chi connectivity index (χ2n) is 26.9. The van der Waals surface area contributed by atoms with E-state index in [4.69, 9.17) is 34.4 Å². The van der Waals surface area contributed by atoms with Gasteiger partial charge in [-0.1, -0.05) is 243 Å². The van der Waals surface area contributed by atoms with Gasteiger partial charge in [0.05, 0.1) is 39.2 Å². The lowest BCUT2D eigenvalue weighted by Gasteiger charge is -2.44. The first-order valence-electron chi connectivity index (χ1n) is 36.0. The Morgan fingerprint density at radius 2 is 0.704 bits per heavy atom. The summed E-state index contributed by atoms with van der Waals surface area (Å²) >= 11 is 0. The zero-order valence-electron chi connectivity index (χ0n) is 58.3. The van der Waals surface area contributed by atoms with Crippen molar-refractivity contribution in [3.05, 3.63) is 380 Å². The molecular formula is C95H63BN8O4. The normalized spacial score (nSPS) is 12.0. The molecule has 108 heavy (non-hydrogen) atoms. The molecule has 0 aliphatic carbocycles. The van der Waals surface area contributed by atoms with E-state index >= 15 is 0 Å². The van der Waals surface area contributed by atoms with Crippen molar-refractivity contribution in [3.8, 4) is 84.9 Å². The van der Waals surface area contributed by atoms with E-state index in [-0.39, 0.29) is 19.9 Å². The van der Waals surface area contributed by atoms with E-state index in [1.54, 1.807) is 12.1 Å². The predicted octanol–water partition coefficient (Wildman–Crippen LogP) is 20.2. The molecule has 0 radical (unpaired) electrons. The first-order chi connectivity index (χ1) is 53.4. The second kappa shape index (κ2) is 27.6. The summed E-state index contributed by atoms with van der Waals surface area (Å²) in [6.45, 7) is 0.213. The highest BCUT2D eigenvalue weighted by Gasteiger charge is 2.43. The number of fused-ring (bicyclic) bond motifs is 7. The molecule has 510 valence electrons. The average Bonchev–Trinajstić information content (AvgIpc) is 1.02. The summed E-state index contributed by atoms with van der Waals surface area (Å²) in [6.07, 6.45) is 0. The fraction of sp³-hybridized carbons (Fsp3) is 0.0211. The number of carbonyl (C=O) groups is 2. The Morgan fingerprint density at radius 1 is 0.296 bits per heavy atom. The number of anilines is 6. The summed E-state index contributed by atoms with van der Waals surface area (Å²) in [5, 5.41) is 1.41. The molecule has 0 unspecified atom stereocenters. The molecule has 2 aliphatic rings. The summed E-state index contributed by atoms with van der Waals surface area (Å²) in [4.78, 5) is 60.0. The largest absolute Gasteiger partial charge is 0.457 e. The number of benzene rings is 14. The lowest BCUT2D eigenvalue weighted by atomic mass is 9.33. The van der Waals surface area contributed by atoms with E-state index in [1.807, 2.05) is 176 Å². The third kappa shape index (κ3) is 12.0. The molecule has 0 spiro atoms. The van der Waals surface area contributed by atoms with Crippen LogP contribution in [0.1, 0.15) is 31.8 Å². The highest BCUT2D eigenvalue weighted by molar-refractivity contribution is 7.00. The second-order valence-corrected chi connectivity index (χ2v) is 26.9. The van der Waals surface area contributed by atoms with Gasteiger partial charge >= 0.3 is 11.9 Å². The lowest BCUT2D eigenvalue weighted by Crippen LogP contribution is -2.61. The third-order valence-electron chi connectivity index (χ3n) is 20.3. The van der Waals surface area contributed by atoms with Crippen LogP contribution >= 0.6 is 0 Å². The number of hydrogen-bond acceptors (Lipinski definition) is 11. The average molecular weight is 1390 g/mol. The summed E-state index contributed by atoms with van der Waals surface area (Å²) in [5.74, 6) is 0.994. The number of para-hydroxylation sites is 3. The lowest BCUT2D eigenvalue weighted by molar-refractivity contribution is 0.0464. The van der Waals surface area contributed by atoms with E-state index in [9.17, 15) is 9.59 Å². The van der Waals surface area contributed by atoms with Crippen LogP contribution in [0.4, 0.5) is 34.1 Å². The SMILES string of the molecule is O=C(OCc1ccccc1)c1ccc2c(c1)c1cc(C(=O)OCc3ccccc3)ccc1n2-c1ccc(-c2nc(-c3ccccc3)nc(-c3ccccc3)n2)cc1-c1cc(-c2ccccc2)nc(-c2cccc(-c3ccc(N4c5ccccc5B5c6ccccc6N(c6ccccc6)c6cccc4c65)cc3)c2)n1.